The Kier molecular flexibility index (Phi) is 2.37. The lowest BCUT2D eigenvalue weighted by Crippen LogP contribution is -2.29. The molecule has 0 fully saturated rings. The van der Waals surface area contributed by atoms with E-state index in [-0.39, 0.29) is 0 Å². The van der Waals surface area contributed by atoms with Crippen molar-refractivity contribution in [3.05, 3.63) is 65.4 Å². The van der Waals surface area contributed by atoms with Gasteiger partial charge in [0.2, 0.25) is 0 Å². The Bertz CT molecular complexity index is 543. The molecule has 0 saturated carbocycles. The molecule has 0 amide bonds. The van der Waals surface area contributed by atoms with Crippen LogP contribution in [0.3, 0.4) is 0 Å². The molecule has 86 valence electrons. The van der Waals surface area contributed by atoms with E-state index in [1.54, 1.807) is 6.26 Å². The summed E-state index contributed by atoms with van der Waals surface area (Å²) in [7, 11) is 0. The summed E-state index contributed by atoms with van der Waals surface area (Å²) in [6.07, 6.45) is 3.70. The van der Waals surface area contributed by atoms with E-state index in [1.807, 2.05) is 24.3 Å². The van der Waals surface area contributed by atoms with E-state index in [0.717, 1.165) is 18.1 Å². The first-order valence-corrected chi connectivity index (χ1v) is 5.65. The number of hydrogen-bond acceptors (Lipinski definition) is 3. The van der Waals surface area contributed by atoms with Crippen LogP contribution in [0.2, 0.25) is 0 Å². The van der Waals surface area contributed by atoms with Gasteiger partial charge in [-0.3, -0.25) is 0 Å². The normalized spacial score (nSPS) is 14.4. The van der Waals surface area contributed by atoms with Crippen molar-refractivity contribution in [1.29, 1.82) is 0 Å². The van der Waals surface area contributed by atoms with E-state index >= 15 is 0 Å². The summed E-state index contributed by atoms with van der Waals surface area (Å²) in [5.74, 6) is 1.72. The molecule has 2 aromatic rings. The molecule has 1 aliphatic rings. The van der Waals surface area contributed by atoms with Gasteiger partial charge < -0.3 is 15.1 Å². The molecule has 0 spiro atoms. The molecule has 2 N–H and O–H groups in total. The van der Waals surface area contributed by atoms with Gasteiger partial charge in [-0.2, -0.15) is 0 Å². The quantitative estimate of drug-likeness (QED) is 0.855. The lowest BCUT2D eigenvalue weighted by molar-refractivity contribution is 0.292. The van der Waals surface area contributed by atoms with E-state index in [9.17, 15) is 0 Å². The standard InChI is InChI=1S/C14H14N2O/c15-14-8-11-4-1-2-5-12(11)9-16(14)10-13-6-3-7-17-13/h1-8H,9-10,15H2. The minimum atomic E-state index is 0.712. The van der Waals surface area contributed by atoms with Crippen LogP contribution < -0.4 is 5.73 Å². The van der Waals surface area contributed by atoms with Gasteiger partial charge in [0.05, 0.1) is 18.6 Å². The van der Waals surface area contributed by atoms with Gasteiger partial charge in [-0.25, -0.2) is 0 Å². The molecule has 3 heteroatoms. The molecular weight excluding hydrogens is 212 g/mol. The Balaban J connectivity index is 1.86. The number of nitrogens with zero attached hydrogens (tertiary/aromatic N) is 1. The predicted molar refractivity (Wildman–Crippen MR) is 66.6 cm³/mol. The highest BCUT2D eigenvalue weighted by Crippen LogP contribution is 2.23. The van der Waals surface area contributed by atoms with Crippen LogP contribution in [-0.2, 0) is 13.1 Å². The van der Waals surface area contributed by atoms with Gasteiger partial charge in [0.15, 0.2) is 0 Å². The highest BCUT2D eigenvalue weighted by molar-refractivity contribution is 5.58. The fourth-order valence-corrected chi connectivity index (χ4v) is 2.10. The number of benzene rings is 1. The average molecular weight is 226 g/mol. The SMILES string of the molecule is NC1=Cc2ccccc2CN1Cc1ccco1. The molecule has 17 heavy (non-hydrogen) atoms. The van der Waals surface area contributed by atoms with Crippen LogP contribution in [0, 0.1) is 0 Å². The van der Waals surface area contributed by atoms with Crippen molar-refractivity contribution in [2.75, 3.05) is 0 Å². The summed E-state index contributed by atoms with van der Waals surface area (Å²) in [6, 6.07) is 12.2. The van der Waals surface area contributed by atoms with Crippen LogP contribution in [0.1, 0.15) is 16.9 Å². The van der Waals surface area contributed by atoms with Crippen LogP contribution in [0.5, 0.6) is 0 Å². The first-order valence-electron chi connectivity index (χ1n) is 5.65. The van der Waals surface area contributed by atoms with E-state index in [1.165, 1.54) is 11.1 Å². The Morgan fingerprint density at radius 2 is 2.06 bits per heavy atom. The van der Waals surface area contributed by atoms with Gasteiger partial charge in [-0.1, -0.05) is 24.3 Å². The second kappa shape index (κ2) is 4.01. The highest BCUT2D eigenvalue weighted by Gasteiger charge is 2.16. The number of fused-ring (bicyclic) bond motifs is 1. The highest BCUT2D eigenvalue weighted by atomic mass is 16.3. The maximum absolute atomic E-state index is 6.06. The van der Waals surface area contributed by atoms with Crippen molar-refractivity contribution in [1.82, 2.24) is 4.90 Å². The Labute approximate surface area is 100 Å². The molecule has 2 heterocycles. The van der Waals surface area contributed by atoms with Crippen molar-refractivity contribution in [3.63, 3.8) is 0 Å². The van der Waals surface area contributed by atoms with Crippen LogP contribution in [0.15, 0.2) is 52.9 Å². The number of hydrogen-bond donors (Lipinski definition) is 1. The first-order chi connectivity index (χ1) is 8.33. The zero-order chi connectivity index (χ0) is 11.7. The molecule has 1 aromatic heterocycles. The lowest BCUT2D eigenvalue weighted by atomic mass is 10.0. The molecule has 0 aliphatic carbocycles. The second-order valence-corrected chi connectivity index (χ2v) is 4.20. The van der Waals surface area contributed by atoms with Crippen molar-refractivity contribution in [2.45, 2.75) is 13.1 Å². The summed E-state index contributed by atoms with van der Waals surface area (Å²) in [6.45, 7) is 1.54. The minimum absolute atomic E-state index is 0.712. The van der Waals surface area contributed by atoms with Crippen molar-refractivity contribution >= 4 is 6.08 Å². The van der Waals surface area contributed by atoms with Gasteiger partial charge in [-0.05, 0) is 29.3 Å². The summed E-state index contributed by atoms with van der Waals surface area (Å²) in [4.78, 5) is 2.11. The zero-order valence-corrected chi connectivity index (χ0v) is 9.47. The molecule has 1 aliphatic heterocycles. The van der Waals surface area contributed by atoms with Crippen molar-refractivity contribution in [2.24, 2.45) is 5.73 Å². The number of nitrogens with two attached hydrogens (primary N) is 1. The fraction of sp³-hybridized carbons (Fsp3) is 0.143. The maximum Gasteiger partial charge on any atom is 0.123 e. The molecule has 3 nitrogen and oxygen atoms in total. The Morgan fingerprint density at radius 3 is 2.88 bits per heavy atom. The summed E-state index contributed by atoms with van der Waals surface area (Å²) in [5.41, 5.74) is 8.56. The van der Waals surface area contributed by atoms with Crippen molar-refractivity contribution < 1.29 is 4.42 Å². The second-order valence-electron chi connectivity index (χ2n) is 4.20. The van der Waals surface area contributed by atoms with Crippen LogP contribution in [-0.4, -0.2) is 4.90 Å². The van der Waals surface area contributed by atoms with Crippen molar-refractivity contribution in [3.8, 4) is 0 Å². The number of furan rings is 1. The average Bonchev–Trinajstić information content (AvgIpc) is 2.83. The van der Waals surface area contributed by atoms with Gasteiger partial charge >= 0.3 is 0 Å². The minimum Gasteiger partial charge on any atom is -0.467 e. The van der Waals surface area contributed by atoms with Crippen LogP contribution in [0.4, 0.5) is 0 Å². The van der Waals surface area contributed by atoms with Gasteiger partial charge in [-0.15, -0.1) is 0 Å². The zero-order valence-electron chi connectivity index (χ0n) is 9.47. The van der Waals surface area contributed by atoms with E-state index in [4.69, 9.17) is 10.2 Å². The molecule has 0 atom stereocenters. The topological polar surface area (TPSA) is 42.4 Å². The van der Waals surface area contributed by atoms with Crippen LogP contribution in [0.25, 0.3) is 6.08 Å². The van der Waals surface area contributed by atoms with Crippen LogP contribution >= 0.6 is 0 Å². The third-order valence-corrected chi connectivity index (χ3v) is 3.01. The molecule has 1 aromatic carbocycles. The molecule has 3 rings (SSSR count). The largest absolute Gasteiger partial charge is 0.467 e. The summed E-state index contributed by atoms with van der Waals surface area (Å²) >= 11 is 0. The molecule has 0 bridgehead atoms. The molecule has 0 radical (unpaired) electrons. The third kappa shape index (κ3) is 1.91. The monoisotopic (exact) mass is 226 g/mol. The maximum atomic E-state index is 6.06. The van der Waals surface area contributed by atoms with E-state index in [0.29, 0.717) is 6.54 Å². The van der Waals surface area contributed by atoms with E-state index in [2.05, 4.69) is 23.1 Å². The van der Waals surface area contributed by atoms with Gasteiger partial charge in [0, 0.05) is 6.54 Å². The molecule has 0 unspecified atom stereocenters. The van der Waals surface area contributed by atoms with Gasteiger partial charge in [0.1, 0.15) is 5.76 Å². The third-order valence-electron chi connectivity index (χ3n) is 3.01. The smallest absolute Gasteiger partial charge is 0.123 e. The fourth-order valence-electron chi connectivity index (χ4n) is 2.10. The lowest BCUT2D eigenvalue weighted by Gasteiger charge is -2.28. The number of rotatable bonds is 2. The molecule has 0 saturated heterocycles. The molecular formula is C14H14N2O. The first kappa shape index (κ1) is 10.0. The summed E-state index contributed by atoms with van der Waals surface area (Å²) in [5, 5.41) is 0. The summed E-state index contributed by atoms with van der Waals surface area (Å²) < 4.78 is 5.35. The Morgan fingerprint density at radius 1 is 1.18 bits per heavy atom. The Hall–Kier alpha value is -2.16. The van der Waals surface area contributed by atoms with Gasteiger partial charge in [0.25, 0.3) is 0 Å². The van der Waals surface area contributed by atoms with E-state index < -0.39 is 0 Å². The predicted octanol–water partition coefficient (Wildman–Crippen LogP) is 2.55.